The molecule has 0 saturated heterocycles. The second kappa shape index (κ2) is 12.3. The highest BCUT2D eigenvalue weighted by Gasteiger charge is 2.11. The molecule has 0 unspecified atom stereocenters. The third-order valence-electron chi connectivity index (χ3n) is 4.44. The summed E-state index contributed by atoms with van der Waals surface area (Å²) >= 11 is 5.27. The van der Waals surface area contributed by atoms with Crippen LogP contribution in [0.2, 0.25) is 0 Å². The van der Waals surface area contributed by atoms with Crippen molar-refractivity contribution in [3.63, 3.8) is 0 Å². The molecule has 33 heavy (non-hydrogen) atoms. The quantitative estimate of drug-likeness (QED) is 0.320. The molecule has 3 rings (SSSR count). The van der Waals surface area contributed by atoms with Crippen molar-refractivity contribution >= 4 is 40.5 Å². The molecule has 0 aliphatic carbocycles. The first-order chi connectivity index (χ1) is 16.0. The maximum atomic E-state index is 12.6. The van der Waals surface area contributed by atoms with Gasteiger partial charge in [0.15, 0.2) is 5.11 Å². The molecule has 3 aromatic rings. The summed E-state index contributed by atoms with van der Waals surface area (Å²) in [5, 5.41) is 8.52. The lowest BCUT2D eigenvalue weighted by atomic mass is 10.2. The fourth-order valence-electron chi connectivity index (χ4n) is 2.89. The Morgan fingerprint density at radius 1 is 0.788 bits per heavy atom. The average Bonchev–Trinajstić information content (AvgIpc) is 2.83. The minimum atomic E-state index is -0.374. The van der Waals surface area contributed by atoms with E-state index in [1.54, 1.807) is 48.5 Å². The lowest BCUT2D eigenvalue weighted by Crippen LogP contribution is -2.34. The molecular formula is C25H25N3O4S. The van der Waals surface area contributed by atoms with E-state index in [0.717, 1.165) is 0 Å². The predicted molar refractivity (Wildman–Crippen MR) is 133 cm³/mol. The monoisotopic (exact) mass is 463 g/mol. The van der Waals surface area contributed by atoms with Crippen LogP contribution in [0.25, 0.3) is 0 Å². The average molecular weight is 464 g/mol. The number of para-hydroxylation sites is 1. The summed E-state index contributed by atoms with van der Waals surface area (Å²) in [7, 11) is 0. The largest absolute Gasteiger partial charge is 0.491 e. The number of nitrogens with one attached hydrogen (secondary N) is 3. The van der Waals surface area contributed by atoms with Crippen LogP contribution in [0, 0.1) is 0 Å². The topological polar surface area (TPSA) is 88.7 Å². The maximum Gasteiger partial charge on any atom is 0.257 e. The molecule has 0 atom stereocenters. The Morgan fingerprint density at radius 2 is 1.48 bits per heavy atom. The lowest BCUT2D eigenvalue weighted by Gasteiger charge is -2.12. The van der Waals surface area contributed by atoms with Gasteiger partial charge in [-0.15, -0.1) is 0 Å². The summed E-state index contributed by atoms with van der Waals surface area (Å²) in [6, 6.07) is 22.8. The van der Waals surface area contributed by atoms with E-state index in [0.29, 0.717) is 48.1 Å². The number of benzene rings is 3. The van der Waals surface area contributed by atoms with E-state index in [-0.39, 0.29) is 16.9 Å². The van der Waals surface area contributed by atoms with Crippen molar-refractivity contribution < 1.29 is 19.1 Å². The number of ether oxygens (including phenoxy) is 2. The van der Waals surface area contributed by atoms with Gasteiger partial charge in [-0.1, -0.05) is 30.3 Å². The fraction of sp³-hybridized carbons (Fsp3) is 0.160. The summed E-state index contributed by atoms with van der Waals surface area (Å²) in [6.45, 7) is 3.41. The van der Waals surface area contributed by atoms with Crippen LogP contribution in [0.4, 0.5) is 11.4 Å². The number of carbonyl (C=O) groups is 2. The summed E-state index contributed by atoms with van der Waals surface area (Å²) in [4.78, 5) is 25.1. The van der Waals surface area contributed by atoms with Gasteiger partial charge in [-0.3, -0.25) is 14.9 Å². The Hall–Kier alpha value is -3.75. The molecule has 2 amide bonds. The van der Waals surface area contributed by atoms with Crippen LogP contribution in [-0.4, -0.2) is 36.7 Å². The Kier molecular flexibility index (Phi) is 8.93. The van der Waals surface area contributed by atoms with Gasteiger partial charge < -0.3 is 20.1 Å². The predicted octanol–water partition coefficient (Wildman–Crippen LogP) is 4.48. The highest BCUT2D eigenvalue weighted by molar-refractivity contribution is 7.80. The first kappa shape index (κ1) is 23.9. The first-order valence-electron chi connectivity index (χ1n) is 10.4. The summed E-state index contributed by atoms with van der Waals surface area (Å²) < 4.78 is 10.8. The van der Waals surface area contributed by atoms with E-state index in [2.05, 4.69) is 16.0 Å². The van der Waals surface area contributed by atoms with Gasteiger partial charge in [0.05, 0.1) is 6.61 Å². The van der Waals surface area contributed by atoms with Gasteiger partial charge in [0.25, 0.3) is 11.8 Å². The van der Waals surface area contributed by atoms with Gasteiger partial charge in [0, 0.05) is 29.1 Å². The number of hydrogen-bond donors (Lipinski definition) is 3. The molecule has 0 radical (unpaired) electrons. The summed E-state index contributed by atoms with van der Waals surface area (Å²) in [5.74, 6) is -0.0555. The number of carbonyl (C=O) groups excluding carboxylic acids is 2. The number of hydrogen-bond acceptors (Lipinski definition) is 5. The van der Waals surface area contributed by atoms with E-state index in [1.807, 2.05) is 37.3 Å². The fourth-order valence-corrected chi connectivity index (χ4v) is 3.10. The van der Waals surface area contributed by atoms with Gasteiger partial charge in [0.1, 0.15) is 12.4 Å². The molecule has 8 heteroatoms. The first-order valence-corrected chi connectivity index (χ1v) is 10.9. The van der Waals surface area contributed by atoms with Crippen LogP contribution in [-0.2, 0) is 4.74 Å². The maximum absolute atomic E-state index is 12.6. The third-order valence-corrected chi connectivity index (χ3v) is 4.64. The number of anilines is 2. The second-order valence-corrected chi connectivity index (χ2v) is 7.29. The molecule has 0 saturated carbocycles. The van der Waals surface area contributed by atoms with Crippen molar-refractivity contribution in [2.24, 2.45) is 0 Å². The molecular weight excluding hydrogens is 438 g/mol. The Morgan fingerprint density at radius 3 is 2.24 bits per heavy atom. The van der Waals surface area contributed by atoms with Gasteiger partial charge in [-0.25, -0.2) is 0 Å². The van der Waals surface area contributed by atoms with Crippen LogP contribution in [0.5, 0.6) is 5.75 Å². The molecule has 3 aromatic carbocycles. The van der Waals surface area contributed by atoms with Gasteiger partial charge in [0.2, 0.25) is 0 Å². The van der Waals surface area contributed by atoms with E-state index >= 15 is 0 Å². The molecule has 0 heterocycles. The van der Waals surface area contributed by atoms with Crippen molar-refractivity contribution in [2.45, 2.75) is 6.92 Å². The highest BCUT2D eigenvalue weighted by Crippen LogP contribution is 2.15. The molecule has 0 fully saturated rings. The van der Waals surface area contributed by atoms with Gasteiger partial charge in [-0.2, -0.15) is 0 Å². The van der Waals surface area contributed by atoms with E-state index in [4.69, 9.17) is 21.7 Å². The zero-order valence-electron chi connectivity index (χ0n) is 18.2. The van der Waals surface area contributed by atoms with Crippen LogP contribution >= 0.6 is 12.2 Å². The van der Waals surface area contributed by atoms with Crippen LogP contribution in [0.3, 0.4) is 0 Å². The third kappa shape index (κ3) is 7.71. The van der Waals surface area contributed by atoms with E-state index < -0.39 is 0 Å². The standard InChI is InChI=1S/C25H25N3O4S/c1-2-31-14-15-32-22-13-7-9-19(17-22)24(30)28-25(33)27-21-12-6-8-18(16-21)23(29)26-20-10-4-3-5-11-20/h3-13,16-17H,2,14-15H2,1H3,(H,26,29)(H2,27,28,30,33). The van der Waals surface area contributed by atoms with E-state index in [1.165, 1.54) is 0 Å². The zero-order valence-corrected chi connectivity index (χ0v) is 19.0. The zero-order chi connectivity index (χ0) is 23.5. The minimum absolute atomic E-state index is 0.114. The molecule has 3 N–H and O–H groups in total. The molecule has 7 nitrogen and oxygen atoms in total. The minimum Gasteiger partial charge on any atom is -0.491 e. The van der Waals surface area contributed by atoms with Crippen molar-refractivity contribution in [2.75, 3.05) is 30.5 Å². The normalized spacial score (nSPS) is 10.2. The number of amides is 2. The molecule has 0 aliphatic heterocycles. The smallest absolute Gasteiger partial charge is 0.257 e. The molecule has 0 bridgehead atoms. The van der Waals surface area contributed by atoms with Crippen molar-refractivity contribution in [3.05, 3.63) is 90.0 Å². The van der Waals surface area contributed by atoms with Crippen molar-refractivity contribution in [1.29, 1.82) is 0 Å². The van der Waals surface area contributed by atoms with Gasteiger partial charge in [-0.05, 0) is 67.7 Å². The number of thiocarbonyl (C=S) groups is 1. The van der Waals surface area contributed by atoms with Crippen LogP contribution < -0.4 is 20.7 Å². The SMILES string of the molecule is CCOCCOc1cccc(C(=O)NC(=S)Nc2cccc(C(=O)Nc3ccccc3)c2)c1. The summed E-state index contributed by atoms with van der Waals surface area (Å²) in [6.07, 6.45) is 0. The Bertz CT molecular complexity index is 1110. The van der Waals surface area contributed by atoms with E-state index in [9.17, 15) is 9.59 Å². The molecule has 170 valence electrons. The highest BCUT2D eigenvalue weighted by atomic mass is 32.1. The van der Waals surface area contributed by atoms with Crippen LogP contribution in [0.1, 0.15) is 27.6 Å². The lowest BCUT2D eigenvalue weighted by molar-refractivity contribution is 0.0974. The number of rotatable bonds is 9. The molecule has 0 aromatic heterocycles. The second-order valence-electron chi connectivity index (χ2n) is 6.88. The van der Waals surface area contributed by atoms with Crippen LogP contribution in [0.15, 0.2) is 78.9 Å². The van der Waals surface area contributed by atoms with Gasteiger partial charge >= 0.3 is 0 Å². The molecule has 0 aliphatic rings. The Labute approximate surface area is 198 Å². The van der Waals surface area contributed by atoms with Crippen molar-refractivity contribution in [3.8, 4) is 5.75 Å². The molecule has 0 spiro atoms. The van der Waals surface area contributed by atoms with Crippen molar-refractivity contribution in [1.82, 2.24) is 5.32 Å². The summed E-state index contributed by atoms with van der Waals surface area (Å²) in [5.41, 5.74) is 2.14. The Balaban J connectivity index is 1.55.